The molecule has 0 aliphatic rings. The van der Waals surface area contributed by atoms with Gasteiger partial charge in [-0.15, -0.1) is 11.3 Å². The number of sulfone groups is 1. The molecule has 0 spiro atoms. The van der Waals surface area contributed by atoms with Crippen LogP contribution in [0.2, 0.25) is 0 Å². The third-order valence-electron chi connectivity index (χ3n) is 2.48. The van der Waals surface area contributed by atoms with Crippen molar-refractivity contribution in [3.63, 3.8) is 0 Å². The van der Waals surface area contributed by atoms with Crippen LogP contribution in [0.15, 0.2) is 39.0 Å². The summed E-state index contributed by atoms with van der Waals surface area (Å²) < 4.78 is 38.6. The smallest absolute Gasteiger partial charge is 0.338 e. The molecule has 0 radical (unpaired) electrons. The fourth-order valence-electron chi connectivity index (χ4n) is 1.61. The lowest BCUT2D eigenvalue weighted by Crippen LogP contribution is -2.11. The third kappa shape index (κ3) is 3.08. The Balaban J connectivity index is 2.54. The molecular weight excluding hydrogens is 371 g/mol. The van der Waals surface area contributed by atoms with E-state index in [4.69, 9.17) is 5.11 Å². The first-order valence-corrected chi connectivity index (χ1v) is 8.61. The Labute approximate surface area is 126 Å². The van der Waals surface area contributed by atoms with E-state index in [1.807, 2.05) is 0 Å². The molecule has 0 bridgehead atoms. The van der Waals surface area contributed by atoms with E-state index in [2.05, 4.69) is 15.9 Å². The van der Waals surface area contributed by atoms with Gasteiger partial charge in [-0.1, -0.05) is 22.0 Å². The molecule has 0 fully saturated rings. The Morgan fingerprint density at radius 2 is 2.10 bits per heavy atom. The molecular formula is C12H8BrFO4S2. The van der Waals surface area contributed by atoms with E-state index in [1.165, 1.54) is 11.3 Å². The van der Waals surface area contributed by atoms with Crippen LogP contribution < -0.4 is 0 Å². The predicted octanol–water partition coefficient (Wildman–Crippen LogP) is 3.32. The Hall–Kier alpha value is -1.25. The molecule has 20 heavy (non-hydrogen) atoms. The summed E-state index contributed by atoms with van der Waals surface area (Å²) in [5.41, 5.74) is -0.677. The summed E-state index contributed by atoms with van der Waals surface area (Å²) >= 11 is 4.23. The molecule has 2 aromatic rings. The first-order valence-electron chi connectivity index (χ1n) is 5.29. The van der Waals surface area contributed by atoms with Gasteiger partial charge in [0, 0.05) is 9.35 Å². The normalized spacial score (nSPS) is 11.5. The number of aromatic carboxylic acids is 1. The molecule has 0 saturated carbocycles. The number of carbonyl (C=O) groups is 1. The van der Waals surface area contributed by atoms with Gasteiger partial charge in [0.2, 0.25) is 0 Å². The van der Waals surface area contributed by atoms with Crippen molar-refractivity contribution in [2.24, 2.45) is 0 Å². The second-order valence-corrected chi connectivity index (χ2v) is 7.81. The zero-order valence-corrected chi connectivity index (χ0v) is 13.1. The number of carboxylic acid groups (broad SMARTS) is 1. The summed E-state index contributed by atoms with van der Waals surface area (Å²) in [4.78, 5) is 10.9. The van der Waals surface area contributed by atoms with Gasteiger partial charge in [-0.3, -0.25) is 0 Å². The molecule has 8 heteroatoms. The number of hydrogen-bond acceptors (Lipinski definition) is 4. The number of halogens is 2. The quantitative estimate of drug-likeness (QED) is 0.885. The van der Waals surface area contributed by atoms with Crippen LogP contribution in [0.5, 0.6) is 0 Å². The zero-order chi connectivity index (χ0) is 14.9. The minimum Gasteiger partial charge on any atom is -0.478 e. The number of thiophene rings is 1. The van der Waals surface area contributed by atoms with Crippen LogP contribution in [-0.2, 0) is 15.6 Å². The molecule has 0 amide bonds. The van der Waals surface area contributed by atoms with E-state index in [9.17, 15) is 17.6 Å². The SMILES string of the molecule is O=C(O)c1cc(Br)cc(S(=O)(=O)Cc2cccs2)c1F. The van der Waals surface area contributed by atoms with Crippen molar-refractivity contribution in [3.05, 3.63) is 50.4 Å². The number of hydrogen-bond donors (Lipinski definition) is 1. The molecule has 1 aromatic carbocycles. The van der Waals surface area contributed by atoms with Crippen molar-refractivity contribution in [2.45, 2.75) is 10.6 Å². The highest BCUT2D eigenvalue weighted by molar-refractivity contribution is 9.10. The lowest BCUT2D eigenvalue weighted by Gasteiger charge is -2.08. The topological polar surface area (TPSA) is 71.4 Å². The van der Waals surface area contributed by atoms with Gasteiger partial charge in [0.05, 0.1) is 11.3 Å². The Morgan fingerprint density at radius 3 is 2.65 bits per heavy atom. The van der Waals surface area contributed by atoms with E-state index < -0.39 is 32.1 Å². The molecule has 0 aliphatic carbocycles. The van der Waals surface area contributed by atoms with E-state index >= 15 is 0 Å². The predicted molar refractivity (Wildman–Crippen MR) is 76.3 cm³/mol. The van der Waals surface area contributed by atoms with Gasteiger partial charge < -0.3 is 5.11 Å². The van der Waals surface area contributed by atoms with Gasteiger partial charge in [-0.25, -0.2) is 17.6 Å². The molecule has 4 nitrogen and oxygen atoms in total. The van der Waals surface area contributed by atoms with Crippen LogP contribution in [-0.4, -0.2) is 19.5 Å². The first kappa shape index (κ1) is 15.1. The van der Waals surface area contributed by atoms with E-state index in [0.29, 0.717) is 4.88 Å². The highest BCUT2D eigenvalue weighted by Gasteiger charge is 2.25. The summed E-state index contributed by atoms with van der Waals surface area (Å²) in [7, 11) is -3.95. The van der Waals surface area contributed by atoms with Gasteiger partial charge >= 0.3 is 5.97 Å². The Bertz CT molecular complexity index is 754. The molecule has 0 unspecified atom stereocenters. The highest BCUT2D eigenvalue weighted by Crippen LogP contribution is 2.27. The summed E-state index contributed by atoms with van der Waals surface area (Å²) in [6, 6.07) is 5.41. The van der Waals surface area contributed by atoms with E-state index in [0.717, 1.165) is 12.1 Å². The van der Waals surface area contributed by atoms with Crippen LogP contribution in [0.1, 0.15) is 15.2 Å². The largest absolute Gasteiger partial charge is 0.478 e. The van der Waals surface area contributed by atoms with Crippen LogP contribution in [0.4, 0.5) is 4.39 Å². The van der Waals surface area contributed by atoms with Crippen LogP contribution in [0, 0.1) is 5.82 Å². The van der Waals surface area contributed by atoms with Crippen molar-refractivity contribution < 1.29 is 22.7 Å². The lowest BCUT2D eigenvalue weighted by molar-refractivity contribution is 0.0691. The molecule has 106 valence electrons. The number of benzene rings is 1. The number of rotatable bonds is 4. The summed E-state index contributed by atoms with van der Waals surface area (Å²) in [6.07, 6.45) is 0. The van der Waals surface area contributed by atoms with Gasteiger partial charge in [0.1, 0.15) is 4.90 Å². The second kappa shape index (κ2) is 5.63. The summed E-state index contributed by atoms with van der Waals surface area (Å²) in [6.45, 7) is 0. The van der Waals surface area contributed by atoms with Gasteiger partial charge in [0.25, 0.3) is 0 Å². The lowest BCUT2D eigenvalue weighted by atomic mass is 10.2. The average molecular weight is 379 g/mol. The van der Waals surface area contributed by atoms with Crippen molar-refractivity contribution in [2.75, 3.05) is 0 Å². The average Bonchev–Trinajstić information content (AvgIpc) is 2.83. The van der Waals surface area contributed by atoms with E-state index in [-0.39, 0.29) is 10.2 Å². The van der Waals surface area contributed by atoms with Crippen LogP contribution in [0.3, 0.4) is 0 Å². The minimum atomic E-state index is -3.95. The second-order valence-electron chi connectivity index (χ2n) is 3.91. The molecule has 0 saturated heterocycles. The number of carboxylic acids is 1. The monoisotopic (exact) mass is 378 g/mol. The van der Waals surface area contributed by atoms with Gasteiger partial charge in [0.15, 0.2) is 15.7 Å². The van der Waals surface area contributed by atoms with Crippen molar-refractivity contribution in [1.82, 2.24) is 0 Å². The molecule has 0 aliphatic heterocycles. The fourth-order valence-corrected chi connectivity index (χ4v) is 4.76. The summed E-state index contributed by atoms with van der Waals surface area (Å²) in [5.74, 6) is -3.12. The maximum absolute atomic E-state index is 14.1. The molecule has 1 N–H and O–H groups in total. The highest BCUT2D eigenvalue weighted by atomic mass is 79.9. The molecule has 1 aromatic heterocycles. The van der Waals surface area contributed by atoms with E-state index in [1.54, 1.807) is 17.5 Å². The molecule has 2 rings (SSSR count). The van der Waals surface area contributed by atoms with Gasteiger partial charge in [-0.2, -0.15) is 0 Å². The fraction of sp³-hybridized carbons (Fsp3) is 0.0833. The zero-order valence-electron chi connectivity index (χ0n) is 9.84. The summed E-state index contributed by atoms with van der Waals surface area (Å²) in [5, 5.41) is 10.6. The first-order chi connectivity index (χ1) is 9.31. The minimum absolute atomic E-state index is 0.195. The maximum Gasteiger partial charge on any atom is 0.338 e. The van der Waals surface area contributed by atoms with Crippen LogP contribution in [0.25, 0.3) is 0 Å². The molecule has 0 atom stereocenters. The van der Waals surface area contributed by atoms with Crippen molar-refractivity contribution >= 4 is 43.1 Å². The molecule has 1 heterocycles. The Morgan fingerprint density at radius 1 is 1.40 bits per heavy atom. The van der Waals surface area contributed by atoms with Gasteiger partial charge in [-0.05, 0) is 23.6 Å². The third-order valence-corrected chi connectivity index (χ3v) is 5.66. The van der Waals surface area contributed by atoms with Crippen molar-refractivity contribution in [1.29, 1.82) is 0 Å². The standard InChI is InChI=1S/C12H8BrFO4S2/c13-7-4-9(12(15)16)11(14)10(5-7)20(17,18)6-8-2-1-3-19-8/h1-5H,6H2,(H,15,16). The maximum atomic E-state index is 14.1. The van der Waals surface area contributed by atoms with Crippen molar-refractivity contribution in [3.8, 4) is 0 Å². The van der Waals surface area contributed by atoms with Crippen LogP contribution >= 0.6 is 27.3 Å². The Kier molecular flexibility index (Phi) is 4.26.